The molecule has 2 amide bonds. The lowest BCUT2D eigenvalue weighted by atomic mass is 9.87. The number of hydrogen-bond donors (Lipinski definition) is 4. The summed E-state index contributed by atoms with van der Waals surface area (Å²) in [4.78, 5) is 71.1. The summed E-state index contributed by atoms with van der Waals surface area (Å²) >= 11 is 0. The molecule has 0 heterocycles. The molecule has 0 aliphatic carbocycles. The molecule has 0 aliphatic heterocycles. The van der Waals surface area contributed by atoms with Gasteiger partial charge in [-0.05, 0) is 56.7 Å². The molecule has 4 N–H and O–H groups in total. The predicted molar refractivity (Wildman–Crippen MR) is 208 cm³/mol. The van der Waals surface area contributed by atoms with E-state index in [0.29, 0.717) is 0 Å². The van der Waals surface area contributed by atoms with Crippen LogP contribution < -0.4 is 31.0 Å². The second-order valence-electron chi connectivity index (χ2n) is 11.9. The van der Waals surface area contributed by atoms with E-state index in [1.807, 2.05) is 0 Å². The van der Waals surface area contributed by atoms with Crippen molar-refractivity contribution in [1.82, 2.24) is 0 Å². The number of benzene rings is 4. The number of carbonyl (C=O) groups excluding carboxylic acids is 2. The van der Waals surface area contributed by atoms with E-state index in [0.717, 1.165) is 36.4 Å². The molecule has 22 nitrogen and oxygen atoms in total. The Morgan fingerprint density at radius 2 is 0.947 bits per heavy atom. The highest BCUT2D eigenvalue weighted by Gasteiger charge is 2.33. The van der Waals surface area contributed by atoms with Crippen LogP contribution in [-0.4, -0.2) is 57.2 Å². The number of rotatable bonds is 18. The van der Waals surface area contributed by atoms with Crippen molar-refractivity contribution in [1.29, 1.82) is 0 Å². The van der Waals surface area contributed by atoms with Gasteiger partial charge < -0.3 is 20.1 Å². The standard InChI is InChI=1S/C35H34N10O12/c1-20(38-40-26-15-13-22(42(48)49)17-30(26)44(52)53)24(34(46)36-28-9-5-7-11-32(28)56-3)19-25(35(47)37-29-10-6-8-12-33(29)57-4)21(2)39-41-27-16-14-23(43(50)51)18-31(27)45(54)55/h5-18,24-25,40-41H,19H2,1-4H3,(H,36,46)(H,37,47)/t24-,25+. The van der Waals surface area contributed by atoms with E-state index >= 15 is 0 Å². The minimum absolute atomic E-state index is 0.0168. The van der Waals surface area contributed by atoms with Crippen LogP contribution in [0.25, 0.3) is 0 Å². The Labute approximate surface area is 322 Å². The quantitative estimate of drug-likeness (QED) is 0.0475. The molecular weight excluding hydrogens is 752 g/mol. The summed E-state index contributed by atoms with van der Waals surface area (Å²) in [7, 11) is 2.77. The smallest absolute Gasteiger partial charge is 0.301 e. The van der Waals surface area contributed by atoms with E-state index in [4.69, 9.17) is 9.47 Å². The van der Waals surface area contributed by atoms with Gasteiger partial charge in [-0.1, -0.05) is 24.3 Å². The van der Waals surface area contributed by atoms with Gasteiger partial charge in [-0.15, -0.1) is 0 Å². The van der Waals surface area contributed by atoms with E-state index in [1.165, 1.54) is 28.1 Å². The summed E-state index contributed by atoms with van der Waals surface area (Å²) in [6, 6.07) is 18.5. The minimum Gasteiger partial charge on any atom is -0.495 e. The molecule has 0 radical (unpaired) electrons. The van der Waals surface area contributed by atoms with Crippen molar-refractivity contribution >= 4 is 68.7 Å². The summed E-state index contributed by atoms with van der Waals surface area (Å²) in [6.45, 7) is 2.80. The molecule has 0 fully saturated rings. The van der Waals surface area contributed by atoms with Gasteiger partial charge in [0.05, 0.1) is 69.3 Å². The van der Waals surface area contributed by atoms with Gasteiger partial charge in [0.1, 0.15) is 22.9 Å². The fourth-order valence-corrected chi connectivity index (χ4v) is 5.32. The number of nitrogens with one attached hydrogen (secondary N) is 4. The van der Waals surface area contributed by atoms with E-state index in [9.17, 15) is 50.0 Å². The monoisotopic (exact) mass is 786 g/mol. The SMILES string of the molecule is COc1ccccc1NC(=O)[C@@H](C[C@@H](C(=O)Nc1ccccc1OC)C(C)=NNc1ccc([N+](=O)[O-])cc1[N+](=O)[O-])C(C)=NNc1ccc([N+](=O)[O-])cc1[N+](=O)[O-]. The molecule has 0 aliphatic rings. The highest BCUT2D eigenvalue weighted by atomic mass is 16.6. The number of non-ortho nitro benzene ring substituents is 2. The van der Waals surface area contributed by atoms with Crippen molar-refractivity contribution in [2.75, 3.05) is 35.7 Å². The van der Waals surface area contributed by atoms with Crippen LogP contribution >= 0.6 is 0 Å². The summed E-state index contributed by atoms with van der Waals surface area (Å²) in [5.74, 6) is -3.52. The highest BCUT2D eigenvalue weighted by molar-refractivity contribution is 6.13. The highest BCUT2D eigenvalue weighted by Crippen LogP contribution is 2.32. The lowest BCUT2D eigenvalue weighted by Crippen LogP contribution is -2.37. The van der Waals surface area contributed by atoms with Crippen LogP contribution in [0, 0.1) is 52.3 Å². The molecular formula is C35H34N10O12. The number of nitro benzene ring substituents is 4. The van der Waals surface area contributed by atoms with Crippen molar-refractivity contribution in [3.05, 3.63) is 125 Å². The molecule has 0 aromatic heterocycles. The zero-order valence-corrected chi connectivity index (χ0v) is 30.5. The van der Waals surface area contributed by atoms with E-state index < -0.39 is 66.1 Å². The van der Waals surface area contributed by atoms with Gasteiger partial charge in [-0.25, -0.2) is 0 Å². The van der Waals surface area contributed by atoms with Crippen molar-refractivity contribution in [2.24, 2.45) is 22.0 Å². The molecule has 4 rings (SSSR count). The largest absolute Gasteiger partial charge is 0.495 e. The number of amides is 2. The molecule has 0 spiro atoms. The summed E-state index contributed by atoms with van der Waals surface area (Å²) in [5.41, 5.74) is 2.49. The number of hydrazone groups is 2. The zero-order valence-electron chi connectivity index (χ0n) is 30.5. The van der Waals surface area contributed by atoms with Crippen LogP contribution in [0.5, 0.6) is 11.5 Å². The van der Waals surface area contributed by atoms with E-state index in [2.05, 4.69) is 31.7 Å². The third kappa shape index (κ3) is 10.6. The van der Waals surface area contributed by atoms with Crippen molar-refractivity contribution in [2.45, 2.75) is 20.3 Å². The number of anilines is 4. The maximum absolute atomic E-state index is 14.2. The van der Waals surface area contributed by atoms with Gasteiger partial charge in [-0.3, -0.25) is 60.9 Å². The second-order valence-corrected chi connectivity index (χ2v) is 11.9. The third-order valence-corrected chi connectivity index (χ3v) is 8.33. The van der Waals surface area contributed by atoms with Crippen molar-refractivity contribution < 1.29 is 38.8 Å². The lowest BCUT2D eigenvalue weighted by molar-refractivity contribution is -0.393. The molecule has 0 unspecified atom stereocenters. The first-order chi connectivity index (χ1) is 27.1. The first-order valence-corrected chi connectivity index (χ1v) is 16.5. The van der Waals surface area contributed by atoms with Crippen LogP contribution in [0.15, 0.2) is 95.1 Å². The number of para-hydroxylation sites is 4. The Morgan fingerprint density at radius 1 is 0.579 bits per heavy atom. The van der Waals surface area contributed by atoms with Gasteiger partial charge >= 0.3 is 11.4 Å². The number of nitrogens with zero attached hydrogens (tertiary/aromatic N) is 6. The first kappa shape index (κ1) is 41.7. The van der Waals surface area contributed by atoms with E-state index in [-0.39, 0.29) is 52.1 Å². The minimum atomic E-state index is -1.33. The van der Waals surface area contributed by atoms with Gasteiger partial charge in [0, 0.05) is 23.6 Å². The molecule has 2 atom stereocenters. The fraction of sp³-hybridized carbons (Fsp3) is 0.200. The lowest BCUT2D eigenvalue weighted by Gasteiger charge is -2.24. The number of ether oxygens (including phenoxy) is 2. The zero-order chi connectivity index (χ0) is 41.8. The number of nitro groups is 4. The van der Waals surface area contributed by atoms with Crippen LogP contribution in [0.2, 0.25) is 0 Å². The maximum Gasteiger partial charge on any atom is 0.301 e. The molecule has 0 bridgehead atoms. The number of carbonyl (C=O) groups is 2. The van der Waals surface area contributed by atoms with Gasteiger partial charge in [0.25, 0.3) is 11.4 Å². The fourth-order valence-electron chi connectivity index (χ4n) is 5.32. The van der Waals surface area contributed by atoms with Crippen LogP contribution in [-0.2, 0) is 9.59 Å². The molecule has 296 valence electrons. The Hall–Kier alpha value is -8.04. The average molecular weight is 787 g/mol. The predicted octanol–water partition coefficient (Wildman–Crippen LogP) is 6.51. The van der Waals surface area contributed by atoms with Crippen LogP contribution in [0.4, 0.5) is 45.5 Å². The van der Waals surface area contributed by atoms with E-state index in [1.54, 1.807) is 48.5 Å². The van der Waals surface area contributed by atoms with Crippen molar-refractivity contribution in [3.8, 4) is 11.5 Å². The molecule has 0 saturated heterocycles. The molecule has 0 saturated carbocycles. The third-order valence-electron chi connectivity index (χ3n) is 8.33. The number of methoxy groups -OCH3 is 2. The molecule has 57 heavy (non-hydrogen) atoms. The topological polar surface area (TPSA) is 298 Å². The summed E-state index contributed by atoms with van der Waals surface area (Å²) in [5, 5.41) is 60.0. The second kappa shape index (κ2) is 18.8. The Bertz CT molecular complexity index is 2120. The van der Waals surface area contributed by atoms with Gasteiger partial charge in [0.15, 0.2) is 0 Å². The molecule has 4 aromatic rings. The normalized spacial score (nSPS) is 12.4. The van der Waals surface area contributed by atoms with Crippen molar-refractivity contribution in [3.63, 3.8) is 0 Å². The van der Waals surface area contributed by atoms with Gasteiger partial charge in [-0.2, -0.15) is 10.2 Å². The molecule has 22 heteroatoms. The molecule has 4 aromatic carbocycles. The Balaban J connectivity index is 1.81. The Kier molecular flexibility index (Phi) is 13.8. The van der Waals surface area contributed by atoms with Crippen LogP contribution in [0.3, 0.4) is 0 Å². The Morgan fingerprint density at radius 3 is 1.28 bits per heavy atom. The summed E-state index contributed by atoms with van der Waals surface area (Å²) < 4.78 is 10.7. The maximum atomic E-state index is 14.2. The van der Waals surface area contributed by atoms with Crippen LogP contribution in [0.1, 0.15) is 20.3 Å². The number of hydrogen-bond acceptors (Lipinski definition) is 16. The van der Waals surface area contributed by atoms with Gasteiger partial charge in [0.2, 0.25) is 11.8 Å². The average Bonchev–Trinajstić information content (AvgIpc) is 3.19. The first-order valence-electron chi connectivity index (χ1n) is 16.5. The summed E-state index contributed by atoms with van der Waals surface area (Å²) in [6.07, 6.45) is -0.388.